The number of anilines is 1. The number of hydrogen-bond acceptors (Lipinski definition) is 7. The quantitative estimate of drug-likeness (QED) is 0.769. The molecule has 0 amide bonds. The number of piperidine rings is 1. The first-order valence-electron chi connectivity index (χ1n) is 9.37. The highest BCUT2D eigenvalue weighted by molar-refractivity contribution is 7.89. The Morgan fingerprint density at radius 3 is 2.39 bits per heavy atom. The first kappa shape index (κ1) is 18.9. The van der Waals surface area contributed by atoms with Gasteiger partial charge in [-0.1, -0.05) is 18.2 Å². The van der Waals surface area contributed by atoms with E-state index in [0.717, 1.165) is 5.56 Å². The van der Waals surface area contributed by atoms with Crippen molar-refractivity contribution in [1.82, 2.24) is 9.29 Å². The Morgan fingerprint density at radius 2 is 1.75 bits per heavy atom. The molecule has 2 saturated heterocycles. The van der Waals surface area contributed by atoms with Gasteiger partial charge < -0.3 is 14.1 Å². The lowest BCUT2D eigenvalue weighted by molar-refractivity contribution is 0.0724. The number of nitriles is 1. The van der Waals surface area contributed by atoms with Gasteiger partial charge in [-0.2, -0.15) is 14.6 Å². The monoisotopic (exact) mass is 402 g/mol. The van der Waals surface area contributed by atoms with Crippen LogP contribution in [0.2, 0.25) is 0 Å². The molecule has 8 nitrogen and oxygen atoms in total. The molecule has 9 heteroatoms. The van der Waals surface area contributed by atoms with Crippen molar-refractivity contribution in [1.29, 1.82) is 5.26 Å². The van der Waals surface area contributed by atoms with Gasteiger partial charge in [0, 0.05) is 31.7 Å². The Kier molecular flexibility index (Phi) is 5.35. The summed E-state index contributed by atoms with van der Waals surface area (Å²) in [4.78, 5) is 6.23. The average molecular weight is 402 g/mol. The summed E-state index contributed by atoms with van der Waals surface area (Å²) in [6, 6.07) is 11.5. The molecule has 0 unspecified atom stereocenters. The zero-order valence-electron chi connectivity index (χ0n) is 15.5. The summed E-state index contributed by atoms with van der Waals surface area (Å²) < 4.78 is 38.4. The van der Waals surface area contributed by atoms with Gasteiger partial charge in [0.1, 0.15) is 6.07 Å². The minimum atomic E-state index is -3.33. The molecule has 2 aromatic rings. The normalized spacial score (nSPS) is 19.5. The molecule has 0 bridgehead atoms. The summed E-state index contributed by atoms with van der Waals surface area (Å²) in [5.74, 6) is 0.818. The fraction of sp³-hybridized carbons (Fsp3) is 0.474. The third-order valence-corrected chi connectivity index (χ3v) is 7.62. The molecule has 2 fully saturated rings. The summed E-state index contributed by atoms with van der Waals surface area (Å²) in [5, 5.41) is 9.03. The van der Waals surface area contributed by atoms with Crippen molar-refractivity contribution in [2.24, 2.45) is 0 Å². The number of nitrogens with zero attached hydrogens (tertiary/aromatic N) is 4. The number of rotatable bonds is 4. The van der Waals surface area contributed by atoms with Crippen LogP contribution < -0.4 is 4.90 Å². The van der Waals surface area contributed by atoms with Gasteiger partial charge in [0.15, 0.2) is 0 Å². The van der Waals surface area contributed by atoms with Crippen molar-refractivity contribution in [2.75, 3.05) is 44.3 Å². The summed E-state index contributed by atoms with van der Waals surface area (Å²) in [7, 11) is -3.33. The molecule has 1 aromatic heterocycles. The molecule has 0 saturated carbocycles. The first-order chi connectivity index (χ1) is 13.6. The first-order valence-corrected chi connectivity index (χ1v) is 10.9. The van der Waals surface area contributed by atoms with Crippen LogP contribution >= 0.6 is 0 Å². The van der Waals surface area contributed by atoms with Crippen molar-refractivity contribution in [3.05, 3.63) is 36.0 Å². The fourth-order valence-corrected chi connectivity index (χ4v) is 5.56. The molecule has 1 aromatic carbocycles. The number of hydrogen-bond donors (Lipinski definition) is 0. The van der Waals surface area contributed by atoms with Gasteiger partial charge in [0.2, 0.25) is 27.5 Å². The van der Waals surface area contributed by atoms with E-state index in [0.29, 0.717) is 64.0 Å². The molecule has 0 spiro atoms. The summed E-state index contributed by atoms with van der Waals surface area (Å²) in [6.07, 6.45) is 0.984. The van der Waals surface area contributed by atoms with Crippen LogP contribution in [0.25, 0.3) is 11.5 Å². The van der Waals surface area contributed by atoms with Gasteiger partial charge in [0.05, 0.1) is 18.5 Å². The number of oxazole rings is 1. The average Bonchev–Trinajstić information content (AvgIpc) is 3.20. The van der Waals surface area contributed by atoms with Crippen LogP contribution in [0.5, 0.6) is 0 Å². The van der Waals surface area contributed by atoms with E-state index in [2.05, 4.69) is 11.1 Å². The van der Waals surface area contributed by atoms with Crippen molar-refractivity contribution in [3.63, 3.8) is 0 Å². The molecule has 28 heavy (non-hydrogen) atoms. The second-order valence-electron chi connectivity index (χ2n) is 6.89. The Hall–Kier alpha value is -2.41. The minimum absolute atomic E-state index is 0.230. The molecular formula is C19H22N4O4S. The lowest BCUT2D eigenvalue weighted by atomic mass is 10.1. The van der Waals surface area contributed by atoms with E-state index in [9.17, 15) is 13.7 Å². The van der Waals surface area contributed by atoms with E-state index in [4.69, 9.17) is 9.15 Å². The maximum atomic E-state index is 12.9. The summed E-state index contributed by atoms with van der Waals surface area (Å²) in [5.41, 5.74) is 1.03. The number of benzene rings is 1. The molecule has 2 aliphatic rings. The number of aromatic nitrogens is 1. The third kappa shape index (κ3) is 3.63. The lowest BCUT2D eigenvalue weighted by Crippen LogP contribution is -2.48. The fourth-order valence-electron chi connectivity index (χ4n) is 3.67. The van der Waals surface area contributed by atoms with E-state index < -0.39 is 15.3 Å². The largest absolute Gasteiger partial charge is 0.419 e. The van der Waals surface area contributed by atoms with Gasteiger partial charge in [-0.05, 0) is 25.0 Å². The van der Waals surface area contributed by atoms with Crippen LogP contribution in [0.3, 0.4) is 0 Å². The van der Waals surface area contributed by atoms with Crippen LogP contribution in [0, 0.1) is 11.3 Å². The molecule has 148 valence electrons. The number of sulfonamides is 1. The van der Waals surface area contributed by atoms with Crippen LogP contribution in [-0.2, 0) is 14.8 Å². The predicted octanol–water partition coefficient (Wildman–Crippen LogP) is 1.84. The molecule has 0 radical (unpaired) electrons. The Bertz CT molecular complexity index is 954. The number of morpholine rings is 1. The summed E-state index contributed by atoms with van der Waals surface area (Å²) in [6.45, 7) is 2.75. The zero-order chi connectivity index (χ0) is 19.6. The Labute approximate surface area is 164 Å². The SMILES string of the molecule is N#Cc1nc(-c2ccccc2)oc1N1CCC(S(=O)(=O)N2CCOCC2)CC1. The van der Waals surface area contributed by atoms with E-state index in [1.807, 2.05) is 35.2 Å². The highest BCUT2D eigenvalue weighted by Crippen LogP contribution is 2.31. The van der Waals surface area contributed by atoms with Gasteiger partial charge in [-0.3, -0.25) is 0 Å². The second kappa shape index (κ2) is 7.91. The Balaban J connectivity index is 1.48. The van der Waals surface area contributed by atoms with Crippen LogP contribution in [-0.4, -0.2) is 62.3 Å². The van der Waals surface area contributed by atoms with Crippen molar-refractivity contribution >= 4 is 15.9 Å². The highest BCUT2D eigenvalue weighted by atomic mass is 32.2. The maximum absolute atomic E-state index is 12.9. The van der Waals surface area contributed by atoms with E-state index >= 15 is 0 Å². The van der Waals surface area contributed by atoms with Gasteiger partial charge in [-0.15, -0.1) is 0 Å². The van der Waals surface area contributed by atoms with Gasteiger partial charge in [0.25, 0.3) is 0 Å². The maximum Gasteiger partial charge on any atom is 0.235 e. The zero-order valence-corrected chi connectivity index (χ0v) is 16.3. The van der Waals surface area contributed by atoms with Crippen LogP contribution in [0.4, 0.5) is 5.88 Å². The molecule has 3 heterocycles. The molecule has 0 atom stereocenters. The topological polar surface area (TPSA) is 99.7 Å². The van der Waals surface area contributed by atoms with Crippen molar-refractivity contribution < 1.29 is 17.6 Å². The number of ether oxygens (including phenoxy) is 1. The molecule has 0 N–H and O–H groups in total. The summed E-state index contributed by atoms with van der Waals surface area (Å²) >= 11 is 0. The lowest BCUT2D eigenvalue weighted by Gasteiger charge is -2.35. The third-order valence-electron chi connectivity index (χ3n) is 5.22. The minimum Gasteiger partial charge on any atom is -0.419 e. The van der Waals surface area contributed by atoms with E-state index in [-0.39, 0.29) is 5.69 Å². The standard InChI is InChI=1S/C19H22N4O4S/c20-14-17-19(27-18(21-17)15-4-2-1-3-5-15)22-8-6-16(7-9-22)28(24,25)23-10-12-26-13-11-23/h1-5,16H,6-13H2. The smallest absolute Gasteiger partial charge is 0.235 e. The van der Waals surface area contributed by atoms with Gasteiger partial charge >= 0.3 is 0 Å². The molecule has 4 rings (SSSR count). The van der Waals surface area contributed by atoms with Gasteiger partial charge in [-0.25, -0.2) is 8.42 Å². The highest BCUT2D eigenvalue weighted by Gasteiger charge is 2.36. The molecule has 2 aliphatic heterocycles. The van der Waals surface area contributed by atoms with E-state index in [1.54, 1.807) is 4.31 Å². The Morgan fingerprint density at radius 1 is 1.07 bits per heavy atom. The molecular weight excluding hydrogens is 380 g/mol. The second-order valence-corrected chi connectivity index (χ2v) is 9.11. The molecule has 0 aliphatic carbocycles. The van der Waals surface area contributed by atoms with Crippen molar-refractivity contribution in [3.8, 4) is 17.5 Å². The van der Waals surface area contributed by atoms with Crippen molar-refractivity contribution in [2.45, 2.75) is 18.1 Å². The van der Waals surface area contributed by atoms with Crippen LogP contribution in [0.15, 0.2) is 34.7 Å². The predicted molar refractivity (Wildman–Crippen MR) is 103 cm³/mol. The van der Waals surface area contributed by atoms with Crippen LogP contribution in [0.1, 0.15) is 18.5 Å². The van der Waals surface area contributed by atoms with E-state index in [1.165, 1.54) is 0 Å².